The van der Waals surface area contributed by atoms with E-state index in [-0.39, 0.29) is 0 Å². The van der Waals surface area contributed by atoms with Crippen LogP contribution in [0.25, 0.3) is 0 Å². The molecule has 4 heteroatoms. The van der Waals surface area contributed by atoms with Crippen LogP contribution in [0.2, 0.25) is 0 Å². The molecule has 2 nitrogen and oxygen atoms in total. The first kappa shape index (κ1) is 13.6. The smallest absolute Gasteiger partial charge is 0.105 e. The molecular weight excluding hydrogens is 369 g/mol. The summed E-state index contributed by atoms with van der Waals surface area (Å²) in [7, 11) is 0. The van der Waals surface area contributed by atoms with Gasteiger partial charge in [-0.2, -0.15) is 0 Å². The Morgan fingerprint density at radius 1 is 1.58 bits per heavy atom. The molecule has 0 amide bonds. The Bertz CT molecular complexity index is 534. The van der Waals surface area contributed by atoms with E-state index in [9.17, 15) is 0 Å². The Morgan fingerprint density at radius 3 is 3.26 bits per heavy atom. The van der Waals surface area contributed by atoms with E-state index in [0.29, 0.717) is 12.1 Å². The summed E-state index contributed by atoms with van der Waals surface area (Å²) in [6.07, 6.45) is 6.52. The fraction of sp³-hybridized carbons (Fsp3) is 0.467. The van der Waals surface area contributed by atoms with Gasteiger partial charge in [0, 0.05) is 23.4 Å². The van der Waals surface area contributed by atoms with Crippen molar-refractivity contribution >= 4 is 33.9 Å². The lowest BCUT2D eigenvalue weighted by atomic mass is 9.93. The van der Waals surface area contributed by atoms with Crippen LogP contribution in [0.15, 0.2) is 28.9 Å². The molecule has 2 aromatic rings. The van der Waals surface area contributed by atoms with Crippen molar-refractivity contribution in [3.05, 3.63) is 43.5 Å². The van der Waals surface area contributed by atoms with E-state index < -0.39 is 0 Å². The normalized spacial score (nSPS) is 20.2. The molecule has 1 aliphatic rings. The number of thiophene rings is 1. The number of halogens is 1. The van der Waals surface area contributed by atoms with Gasteiger partial charge in [-0.1, -0.05) is 0 Å². The molecule has 0 fully saturated rings. The highest BCUT2D eigenvalue weighted by Gasteiger charge is 2.23. The number of rotatable bonds is 4. The zero-order valence-electron chi connectivity index (χ0n) is 11.0. The van der Waals surface area contributed by atoms with Crippen molar-refractivity contribution in [2.75, 3.05) is 0 Å². The van der Waals surface area contributed by atoms with Gasteiger partial charge in [-0.15, -0.1) is 11.3 Å². The first-order valence-electron chi connectivity index (χ1n) is 6.79. The van der Waals surface area contributed by atoms with Crippen LogP contribution >= 0.6 is 33.9 Å². The summed E-state index contributed by atoms with van der Waals surface area (Å²) >= 11 is 4.39. The number of aryl methyl sites for hydroxylation is 1. The summed E-state index contributed by atoms with van der Waals surface area (Å²) in [5.41, 5.74) is 1.53. The van der Waals surface area contributed by atoms with Gasteiger partial charge in [0.2, 0.25) is 0 Å². The van der Waals surface area contributed by atoms with Crippen LogP contribution in [0, 0.1) is 2.88 Å². The maximum atomic E-state index is 5.43. The van der Waals surface area contributed by atoms with Crippen molar-refractivity contribution in [2.24, 2.45) is 0 Å². The average Bonchev–Trinajstić information content (AvgIpc) is 2.97. The second-order valence-electron chi connectivity index (χ2n) is 5.23. The molecule has 0 aliphatic heterocycles. The fourth-order valence-electron chi connectivity index (χ4n) is 2.83. The number of nitrogens with one attached hydrogen (secondary N) is 1. The van der Waals surface area contributed by atoms with E-state index in [1.807, 2.05) is 17.4 Å². The molecule has 2 aromatic heterocycles. The zero-order chi connectivity index (χ0) is 13.2. The van der Waals surface area contributed by atoms with Crippen molar-refractivity contribution in [3.8, 4) is 0 Å². The first-order chi connectivity index (χ1) is 9.22. The Morgan fingerprint density at radius 2 is 2.47 bits per heavy atom. The monoisotopic (exact) mass is 387 g/mol. The van der Waals surface area contributed by atoms with E-state index in [0.717, 1.165) is 12.2 Å². The molecular formula is C15H18INOS. The standard InChI is InChI=1S/C15H18INOS/c1-10(8-11-4-3-7-18-11)17-13-5-2-6-14-12(13)9-15(16)19-14/h3-4,7,9-10,13,17H,2,5-6,8H2,1H3. The summed E-state index contributed by atoms with van der Waals surface area (Å²) in [6.45, 7) is 2.24. The van der Waals surface area contributed by atoms with Gasteiger partial charge in [-0.25, -0.2) is 0 Å². The van der Waals surface area contributed by atoms with Gasteiger partial charge < -0.3 is 9.73 Å². The Balaban J connectivity index is 1.67. The predicted molar refractivity (Wildman–Crippen MR) is 87.7 cm³/mol. The molecule has 0 saturated heterocycles. The van der Waals surface area contributed by atoms with Crippen molar-refractivity contribution < 1.29 is 4.42 Å². The van der Waals surface area contributed by atoms with Crippen LogP contribution in [0.4, 0.5) is 0 Å². The van der Waals surface area contributed by atoms with Gasteiger partial charge in [-0.05, 0) is 72.5 Å². The molecule has 102 valence electrons. The summed E-state index contributed by atoms with van der Waals surface area (Å²) in [6, 6.07) is 7.34. The molecule has 0 bridgehead atoms. The third kappa shape index (κ3) is 3.23. The molecule has 0 radical (unpaired) electrons. The number of hydrogen-bond donors (Lipinski definition) is 1. The van der Waals surface area contributed by atoms with Crippen LogP contribution in [0.1, 0.15) is 42.0 Å². The minimum absolute atomic E-state index is 0.444. The first-order valence-corrected chi connectivity index (χ1v) is 8.68. The number of fused-ring (bicyclic) bond motifs is 1. The van der Waals surface area contributed by atoms with Crippen molar-refractivity contribution in [1.82, 2.24) is 5.32 Å². The minimum atomic E-state index is 0.444. The summed E-state index contributed by atoms with van der Waals surface area (Å²) in [4.78, 5) is 1.58. The Labute approximate surface area is 131 Å². The van der Waals surface area contributed by atoms with Crippen LogP contribution < -0.4 is 5.32 Å². The Kier molecular flexibility index (Phi) is 4.29. The third-order valence-corrected chi connectivity index (χ3v) is 5.63. The lowest BCUT2D eigenvalue weighted by Crippen LogP contribution is -2.33. The van der Waals surface area contributed by atoms with E-state index in [2.05, 4.69) is 47.0 Å². The van der Waals surface area contributed by atoms with E-state index in [4.69, 9.17) is 4.42 Å². The lowest BCUT2D eigenvalue weighted by Gasteiger charge is -2.27. The molecule has 19 heavy (non-hydrogen) atoms. The molecule has 0 saturated carbocycles. The molecule has 0 spiro atoms. The maximum Gasteiger partial charge on any atom is 0.105 e. The van der Waals surface area contributed by atoms with Gasteiger partial charge in [0.25, 0.3) is 0 Å². The highest BCUT2D eigenvalue weighted by Crippen LogP contribution is 2.36. The van der Waals surface area contributed by atoms with Crippen molar-refractivity contribution in [2.45, 2.75) is 44.7 Å². The van der Waals surface area contributed by atoms with Gasteiger partial charge in [-0.3, -0.25) is 0 Å². The topological polar surface area (TPSA) is 25.2 Å². The summed E-state index contributed by atoms with van der Waals surface area (Å²) in [5, 5.41) is 3.77. The molecule has 2 heterocycles. The van der Waals surface area contributed by atoms with Gasteiger partial charge in [0.1, 0.15) is 5.76 Å². The van der Waals surface area contributed by atoms with Crippen LogP contribution in [-0.2, 0) is 12.8 Å². The maximum absolute atomic E-state index is 5.43. The highest BCUT2D eigenvalue weighted by molar-refractivity contribution is 14.1. The molecule has 0 aromatic carbocycles. The second kappa shape index (κ2) is 5.97. The van der Waals surface area contributed by atoms with Gasteiger partial charge >= 0.3 is 0 Å². The number of furan rings is 1. The zero-order valence-corrected chi connectivity index (χ0v) is 14.0. The summed E-state index contributed by atoms with van der Waals surface area (Å²) < 4.78 is 6.84. The summed E-state index contributed by atoms with van der Waals surface area (Å²) in [5.74, 6) is 1.07. The van der Waals surface area contributed by atoms with E-state index in [1.54, 1.807) is 11.1 Å². The van der Waals surface area contributed by atoms with Crippen LogP contribution in [0.5, 0.6) is 0 Å². The van der Waals surface area contributed by atoms with Crippen LogP contribution in [0.3, 0.4) is 0 Å². The largest absolute Gasteiger partial charge is 0.469 e. The van der Waals surface area contributed by atoms with Crippen molar-refractivity contribution in [3.63, 3.8) is 0 Å². The highest BCUT2D eigenvalue weighted by atomic mass is 127. The second-order valence-corrected chi connectivity index (χ2v) is 8.26. The van der Waals surface area contributed by atoms with Crippen molar-refractivity contribution in [1.29, 1.82) is 0 Å². The van der Waals surface area contributed by atoms with E-state index in [1.165, 1.54) is 27.7 Å². The molecule has 1 N–H and O–H groups in total. The molecule has 3 rings (SSSR count). The minimum Gasteiger partial charge on any atom is -0.469 e. The quantitative estimate of drug-likeness (QED) is 0.780. The lowest BCUT2D eigenvalue weighted by molar-refractivity contribution is 0.388. The Hall–Kier alpha value is -0.330. The van der Waals surface area contributed by atoms with Gasteiger partial charge in [0.15, 0.2) is 0 Å². The van der Waals surface area contributed by atoms with Gasteiger partial charge in [0.05, 0.1) is 9.15 Å². The third-order valence-electron chi connectivity index (χ3n) is 3.66. The fourth-order valence-corrected chi connectivity index (χ4v) is 4.95. The van der Waals surface area contributed by atoms with E-state index >= 15 is 0 Å². The van der Waals surface area contributed by atoms with Crippen LogP contribution in [-0.4, -0.2) is 6.04 Å². The number of hydrogen-bond acceptors (Lipinski definition) is 3. The predicted octanol–water partition coefficient (Wildman–Crippen LogP) is 4.54. The molecule has 2 atom stereocenters. The molecule has 1 aliphatic carbocycles. The average molecular weight is 387 g/mol. The SMILES string of the molecule is CC(Cc1ccco1)NC1CCCc2sc(I)cc21. The molecule has 2 unspecified atom stereocenters.